The Hall–Kier alpha value is -2.44. The quantitative estimate of drug-likeness (QED) is 0.776. The first kappa shape index (κ1) is 18.9. The third-order valence-corrected chi connectivity index (χ3v) is 3.51. The van der Waals surface area contributed by atoms with Crippen molar-refractivity contribution in [1.29, 1.82) is 0 Å². The fourth-order valence-electron chi connectivity index (χ4n) is 2.30. The summed E-state index contributed by atoms with van der Waals surface area (Å²) in [7, 11) is 1.60. The van der Waals surface area contributed by atoms with E-state index in [1.54, 1.807) is 37.1 Å². The van der Waals surface area contributed by atoms with Gasteiger partial charge in [-0.3, -0.25) is 4.90 Å². The lowest BCUT2D eigenvalue weighted by molar-refractivity contribution is 0.189. The summed E-state index contributed by atoms with van der Waals surface area (Å²) in [6, 6.07) is 14.8. The summed E-state index contributed by atoms with van der Waals surface area (Å²) in [6.45, 7) is 4.58. The Labute approximate surface area is 153 Å². The molecule has 0 unspecified atom stereocenters. The summed E-state index contributed by atoms with van der Waals surface area (Å²) in [5.74, 6) is 0.446. The Morgan fingerprint density at radius 3 is 2.64 bits per heavy atom. The van der Waals surface area contributed by atoms with E-state index in [0.717, 1.165) is 16.9 Å². The van der Waals surface area contributed by atoms with E-state index in [0.29, 0.717) is 23.9 Å². The summed E-state index contributed by atoms with van der Waals surface area (Å²) < 4.78 is 10.7. The van der Waals surface area contributed by atoms with E-state index in [9.17, 15) is 4.79 Å². The Kier molecular flexibility index (Phi) is 6.91. The van der Waals surface area contributed by atoms with Crippen molar-refractivity contribution in [1.82, 2.24) is 0 Å². The number of methoxy groups -OCH3 is 1. The van der Waals surface area contributed by atoms with Crippen LogP contribution in [0.5, 0.6) is 5.75 Å². The molecule has 0 aromatic heterocycles. The molecule has 6 heteroatoms. The molecule has 25 heavy (non-hydrogen) atoms. The monoisotopic (exact) mass is 358 g/mol. The predicted octanol–water partition coefficient (Wildman–Crippen LogP) is 4.41. The van der Waals surface area contributed by atoms with Gasteiger partial charge in [-0.15, -0.1) is 0 Å². The van der Waals surface area contributed by atoms with Gasteiger partial charge in [-0.05, 0) is 43.7 Å². The van der Waals surface area contributed by atoms with Crippen LogP contribution in [0.15, 0.2) is 48.5 Å². The molecule has 0 radical (unpaired) electrons. The second-order valence-corrected chi connectivity index (χ2v) is 6.17. The predicted molar refractivity (Wildman–Crippen MR) is 105 cm³/mol. The number of amides is 1. The topological polar surface area (TPSA) is 50.8 Å². The first-order chi connectivity index (χ1) is 12.0. The van der Waals surface area contributed by atoms with Crippen LogP contribution in [0.4, 0.5) is 16.2 Å². The average molecular weight is 358 g/mol. The van der Waals surface area contributed by atoms with Gasteiger partial charge in [-0.25, -0.2) is 4.79 Å². The van der Waals surface area contributed by atoms with Crippen LogP contribution in [-0.4, -0.2) is 31.3 Å². The highest BCUT2D eigenvalue weighted by atomic mass is 32.1. The molecule has 5 nitrogen and oxygen atoms in total. The van der Waals surface area contributed by atoms with Gasteiger partial charge in [0.1, 0.15) is 5.75 Å². The number of aryl methyl sites for hydroxylation is 1. The van der Waals surface area contributed by atoms with Gasteiger partial charge in [0.05, 0.1) is 18.1 Å². The highest BCUT2D eigenvalue weighted by Gasteiger charge is 2.18. The lowest BCUT2D eigenvalue weighted by Crippen LogP contribution is -2.36. The van der Waals surface area contributed by atoms with E-state index in [1.807, 2.05) is 37.3 Å². The normalized spacial score (nSPS) is 10.2. The maximum Gasteiger partial charge on any atom is 0.419 e. The molecule has 0 aliphatic heterocycles. The highest BCUT2D eigenvalue weighted by Crippen LogP contribution is 2.21. The number of hydrogen-bond acceptors (Lipinski definition) is 4. The number of ether oxygens (including phenoxy) is 2. The van der Waals surface area contributed by atoms with E-state index >= 15 is 0 Å². The lowest BCUT2D eigenvalue weighted by atomic mass is 10.2. The maximum atomic E-state index is 12.7. The number of benzene rings is 2. The highest BCUT2D eigenvalue weighted by molar-refractivity contribution is 7.80. The van der Waals surface area contributed by atoms with Crippen LogP contribution in [0.1, 0.15) is 12.5 Å². The van der Waals surface area contributed by atoms with Gasteiger partial charge in [-0.2, -0.15) is 0 Å². The van der Waals surface area contributed by atoms with Crippen molar-refractivity contribution in [2.24, 2.45) is 0 Å². The molecule has 132 valence electrons. The number of carbonyl (C=O) groups excluding carboxylic acids is 1. The van der Waals surface area contributed by atoms with Crippen LogP contribution in [0.3, 0.4) is 0 Å². The van der Waals surface area contributed by atoms with Gasteiger partial charge in [0.15, 0.2) is 0 Å². The molecular formula is C19H22N2O3S. The van der Waals surface area contributed by atoms with Crippen molar-refractivity contribution in [2.45, 2.75) is 13.8 Å². The summed E-state index contributed by atoms with van der Waals surface area (Å²) in [6.07, 6.45) is -0.459. The van der Waals surface area contributed by atoms with Gasteiger partial charge in [0.2, 0.25) is 0 Å². The number of hydrogen-bond donors (Lipinski definition) is 1. The molecule has 1 N–H and O–H groups in total. The fraction of sp³-hybridized carbons (Fsp3) is 0.263. The SMILES string of the molecule is COCCN(C(=O)Oc1cccc(NC(C)=S)c1)c1cccc(C)c1. The summed E-state index contributed by atoms with van der Waals surface area (Å²) >= 11 is 5.03. The van der Waals surface area contributed by atoms with Crippen LogP contribution in [0.2, 0.25) is 0 Å². The molecule has 0 fully saturated rings. The average Bonchev–Trinajstić information content (AvgIpc) is 2.55. The van der Waals surface area contributed by atoms with Crippen molar-refractivity contribution in [3.05, 3.63) is 54.1 Å². The zero-order valence-electron chi connectivity index (χ0n) is 14.6. The van der Waals surface area contributed by atoms with Crippen LogP contribution < -0.4 is 15.0 Å². The molecule has 0 saturated carbocycles. The molecular weight excluding hydrogens is 336 g/mol. The van der Waals surface area contributed by atoms with Crippen LogP contribution in [0.25, 0.3) is 0 Å². The minimum Gasteiger partial charge on any atom is -0.410 e. The first-order valence-corrected chi connectivity index (χ1v) is 8.33. The molecule has 0 aliphatic carbocycles. The summed E-state index contributed by atoms with van der Waals surface area (Å²) in [5.41, 5.74) is 2.61. The molecule has 0 spiro atoms. The first-order valence-electron chi connectivity index (χ1n) is 7.92. The van der Waals surface area contributed by atoms with Crippen LogP contribution in [0, 0.1) is 6.92 Å². The van der Waals surface area contributed by atoms with Gasteiger partial charge in [0, 0.05) is 24.6 Å². The third-order valence-electron chi connectivity index (χ3n) is 3.41. The molecule has 0 heterocycles. The second-order valence-electron chi connectivity index (χ2n) is 5.56. The van der Waals surface area contributed by atoms with E-state index in [1.165, 1.54) is 0 Å². The molecule has 1 amide bonds. The van der Waals surface area contributed by atoms with Crippen molar-refractivity contribution in [3.8, 4) is 5.75 Å². The van der Waals surface area contributed by atoms with Crippen LogP contribution in [-0.2, 0) is 4.74 Å². The molecule has 2 aromatic carbocycles. The molecule has 0 atom stereocenters. The lowest BCUT2D eigenvalue weighted by Gasteiger charge is -2.22. The zero-order chi connectivity index (χ0) is 18.2. The van der Waals surface area contributed by atoms with Gasteiger partial charge in [-0.1, -0.05) is 30.4 Å². The van der Waals surface area contributed by atoms with Crippen molar-refractivity contribution in [3.63, 3.8) is 0 Å². The van der Waals surface area contributed by atoms with Crippen molar-refractivity contribution in [2.75, 3.05) is 30.5 Å². The minimum atomic E-state index is -0.459. The third kappa shape index (κ3) is 5.85. The van der Waals surface area contributed by atoms with Crippen molar-refractivity contribution >= 4 is 34.7 Å². The Balaban J connectivity index is 2.18. The van der Waals surface area contributed by atoms with E-state index in [2.05, 4.69) is 5.32 Å². The van der Waals surface area contributed by atoms with Gasteiger partial charge >= 0.3 is 6.09 Å². The Morgan fingerprint density at radius 2 is 1.96 bits per heavy atom. The zero-order valence-corrected chi connectivity index (χ0v) is 15.4. The standard InChI is InChI=1S/C19H22N2O3S/c1-14-6-4-8-17(12-14)21(10-11-23-3)19(22)24-18-9-5-7-16(13-18)20-15(2)25/h4-9,12-13H,10-11H2,1-3H3,(H,20,25). The number of rotatable bonds is 6. The molecule has 0 bridgehead atoms. The van der Waals surface area contributed by atoms with E-state index in [-0.39, 0.29) is 0 Å². The summed E-state index contributed by atoms with van der Waals surface area (Å²) in [5, 5.41) is 3.03. The smallest absolute Gasteiger partial charge is 0.410 e. The number of anilines is 2. The molecule has 2 aromatic rings. The number of nitrogens with zero attached hydrogens (tertiary/aromatic N) is 1. The Morgan fingerprint density at radius 1 is 1.20 bits per heavy atom. The number of carbonyl (C=O) groups is 1. The minimum absolute atomic E-state index is 0.399. The van der Waals surface area contributed by atoms with Gasteiger partial charge in [0.25, 0.3) is 0 Å². The summed E-state index contributed by atoms with van der Waals surface area (Å²) in [4.78, 5) is 14.9. The van der Waals surface area contributed by atoms with E-state index in [4.69, 9.17) is 21.7 Å². The fourth-order valence-corrected chi connectivity index (χ4v) is 2.42. The number of nitrogens with one attached hydrogen (secondary N) is 1. The van der Waals surface area contributed by atoms with Crippen molar-refractivity contribution < 1.29 is 14.3 Å². The largest absolute Gasteiger partial charge is 0.419 e. The molecule has 0 saturated heterocycles. The molecule has 0 aliphatic rings. The maximum absolute atomic E-state index is 12.7. The molecule has 2 rings (SSSR count). The van der Waals surface area contributed by atoms with E-state index < -0.39 is 6.09 Å². The second kappa shape index (κ2) is 9.15. The van der Waals surface area contributed by atoms with Crippen LogP contribution >= 0.6 is 12.2 Å². The number of thiocarbonyl (C=S) groups is 1. The Bertz CT molecular complexity index is 749. The van der Waals surface area contributed by atoms with Gasteiger partial charge < -0.3 is 14.8 Å².